The zero-order valence-electron chi connectivity index (χ0n) is 16.8. The molecule has 0 aliphatic heterocycles. The molecule has 2 N–H and O–H groups in total. The molecule has 0 saturated carbocycles. The largest absolute Gasteiger partial charge is 0.478 e. The Labute approximate surface area is 183 Å². The molecule has 4 rings (SSSR count). The summed E-state index contributed by atoms with van der Waals surface area (Å²) in [4.78, 5) is 22.5. The van der Waals surface area contributed by atoms with Gasteiger partial charge in [-0.25, -0.2) is 9.59 Å². The number of aromatic carboxylic acids is 2. The lowest BCUT2D eigenvalue weighted by Gasteiger charge is -2.12. The highest BCUT2D eigenvalue weighted by molar-refractivity contribution is 6.02. The van der Waals surface area contributed by atoms with Gasteiger partial charge in [0, 0.05) is 5.56 Å². The van der Waals surface area contributed by atoms with Crippen molar-refractivity contribution < 1.29 is 29.3 Å². The summed E-state index contributed by atoms with van der Waals surface area (Å²) in [6, 6.07) is 28.3. The van der Waals surface area contributed by atoms with Crippen LogP contribution in [0.4, 0.5) is 0 Å². The molecule has 0 fully saturated rings. The molecule has 4 aromatic carbocycles. The first kappa shape index (κ1) is 20.7. The van der Waals surface area contributed by atoms with Crippen molar-refractivity contribution in [2.24, 2.45) is 0 Å². The van der Waals surface area contributed by atoms with Crippen LogP contribution in [-0.2, 0) is 0 Å². The van der Waals surface area contributed by atoms with Gasteiger partial charge in [-0.1, -0.05) is 48.5 Å². The van der Waals surface area contributed by atoms with Gasteiger partial charge in [-0.3, -0.25) is 0 Å². The van der Waals surface area contributed by atoms with Gasteiger partial charge in [-0.2, -0.15) is 0 Å². The number of hydrogen-bond donors (Lipinski definition) is 2. The second-order valence-electron chi connectivity index (χ2n) is 6.86. The first-order valence-electron chi connectivity index (χ1n) is 9.72. The van der Waals surface area contributed by atoms with E-state index in [-0.39, 0.29) is 16.9 Å². The Balaban J connectivity index is 1.52. The number of hydrogen-bond acceptors (Lipinski definition) is 4. The van der Waals surface area contributed by atoms with Crippen molar-refractivity contribution in [3.63, 3.8) is 0 Å². The number of carboxylic acid groups (broad SMARTS) is 2. The van der Waals surface area contributed by atoms with Crippen LogP contribution in [-0.4, -0.2) is 22.2 Å². The molecule has 4 aromatic rings. The quantitative estimate of drug-likeness (QED) is 0.358. The third-order valence-electron chi connectivity index (χ3n) is 4.71. The van der Waals surface area contributed by atoms with Crippen LogP contribution in [0, 0.1) is 0 Å². The minimum Gasteiger partial charge on any atom is -0.478 e. The highest BCUT2D eigenvalue weighted by atomic mass is 16.5. The van der Waals surface area contributed by atoms with Gasteiger partial charge in [-0.05, 0) is 54.1 Å². The van der Waals surface area contributed by atoms with Crippen LogP contribution in [0.5, 0.6) is 23.0 Å². The van der Waals surface area contributed by atoms with Crippen LogP contribution < -0.4 is 9.47 Å². The summed E-state index contributed by atoms with van der Waals surface area (Å²) >= 11 is 0. The molecule has 0 spiro atoms. The Morgan fingerprint density at radius 2 is 1.12 bits per heavy atom. The summed E-state index contributed by atoms with van der Waals surface area (Å²) in [6.45, 7) is 0. The fourth-order valence-corrected chi connectivity index (χ4v) is 3.20. The molecule has 0 radical (unpaired) electrons. The third kappa shape index (κ3) is 4.60. The predicted molar refractivity (Wildman–Crippen MR) is 119 cm³/mol. The highest BCUT2D eigenvalue weighted by Crippen LogP contribution is 2.34. The lowest BCUT2D eigenvalue weighted by atomic mass is 10.1. The molecular weight excluding hydrogens is 408 g/mol. The minimum absolute atomic E-state index is 0.218. The van der Waals surface area contributed by atoms with Crippen LogP contribution in [0.15, 0.2) is 97.1 Å². The zero-order valence-corrected chi connectivity index (χ0v) is 16.8. The van der Waals surface area contributed by atoms with Crippen molar-refractivity contribution in [2.45, 2.75) is 0 Å². The van der Waals surface area contributed by atoms with Gasteiger partial charge in [0.05, 0.1) is 11.1 Å². The average Bonchev–Trinajstić information content (AvgIpc) is 2.81. The van der Waals surface area contributed by atoms with Crippen LogP contribution in [0.1, 0.15) is 20.7 Å². The molecule has 0 bridgehead atoms. The van der Waals surface area contributed by atoms with E-state index in [9.17, 15) is 14.7 Å². The molecule has 6 heteroatoms. The number of para-hydroxylation sites is 1. The minimum atomic E-state index is -1.34. The lowest BCUT2D eigenvalue weighted by Crippen LogP contribution is -2.07. The highest BCUT2D eigenvalue weighted by Gasteiger charge is 2.17. The summed E-state index contributed by atoms with van der Waals surface area (Å²) in [5, 5.41) is 18.4. The van der Waals surface area contributed by atoms with E-state index in [1.54, 1.807) is 24.3 Å². The van der Waals surface area contributed by atoms with Crippen molar-refractivity contribution in [2.75, 3.05) is 0 Å². The lowest BCUT2D eigenvalue weighted by molar-refractivity contribution is 0.0651. The smallest absolute Gasteiger partial charge is 0.336 e. The number of benzene rings is 4. The van der Waals surface area contributed by atoms with Gasteiger partial charge >= 0.3 is 11.9 Å². The van der Waals surface area contributed by atoms with Gasteiger partial charge in [0.15, 0.2) is 0 Å². The topological polar surface area (TPSA) is 93.1 Å². The van der Waals surface area contributed by atoms with Gasteiger partial charge in [0.2, 0.25) is 0 Å². The molecule has 6 nitrogen and oxygen atoms in total. The van der Waals surface area contributed by atoms with Crippen LogP contribution in [0.2, 0.25) is 0 Å². The van der Waals surface area contributed by atoms with Crippen LogP contribution in [0.3, 0.4) is 0 Å². The van der Waals surface area contributed by atoms with Gasteiger partial charge in [0.1, 0.15) is 23.0 Å². The fourth-order valence-electron chi connectivity index (χ4n) is 3.20. The standard InChI is InChI=1S/C26H18O6/c27-25(28)22-15-14-20(16-23(22)26(29)30)31-18-10-12-19(13-11-18)32-24-9-5-4-8-21(24)17-6-2-1-3-7-17/h1-16H,(H,27,28)(H,29,30). The van der Waals surface area contributed by atoms with E-state index in [1.807, 2.05) is 54.6 Å². The predicted octanol–water partition coefficient (Wildman–Crippen LogP) is 6.33. The van der Waals surface area contributed by atoms with Crippen molar-refractivity contribution >= 4 is 11.9 Å². The number of carboxylic acids is 2. The maximum Gasteiger partial charge on any atom is 0.336 e. The fraction of sp³-hybridized carbons (Fsp3) is 0. The second-order valence-corrected chi connectivity index (χ2v) is 6.86. The summed E-state index contributed by atoms with van der Waals surface area (Å²) in [6.07, 6.45) is 0. The van der Waals surface area contributed by atoms with Crippen molar-refractivity contribution in [1.29, 1.82) is 0 Å². The van der Waals surface area contributed by atoms with Crippen molar-refractivity contribution in [3.05, 3.63) is 108 Å². The maximum atomic E-state index is 11.3. The van der Waals surface area contributed by atoms with E-state index in [4.69, 9.17) is 14.6 Å². The first-order chi connectivity index (χ1) is 15.5. The van der Waals surface area contributed by atoms with Gasteiger partial charge < -0.3 is 19.7 Å². The van der Waals surface area contributed by atoms with E-state index in [1.165, 1.54) is 18.2 Å². The van der Waals surface area contributed by atoms with Gasteiger partial charge in [0.25, 0.3) is 0 Å². The number of rotatable bonds is 7. The van der Waals surface area contributed by atoms with Crippen LogP contribution in [0.25, 0.3) is 11.1 Å². The molecule has 0 aliphatic rings. The van der Waals surface area contributed by atoms with Crippen molar-refractivity contribution in [3.8, 4) is 34.1 Å². The second kappa shape index (κ2) is 9.06. The van der Waals surface area contributed by atoms with E-state index >= 15 is 0 Å². The average molecular weight is 426 g/mol. The third-order valence-corrected chi connectivity index (χ3v) is 4.71. The SMILES string of the molecule is O=C(O)c1ccc(Oc2ccc(Oc3ccccc3-c3ccccc3)cc2)cc1C(=O)O. The Morgan fingerprint density at radius 1 is 0.562 bits per heavy atom. The molecular formula is C26H18O6. The normalized spacial score (nSPS) is 10.4. The molecule has 0 saturated heterocycles. The van der Waals surface area contributed by atoms with E-state index in [2.05, 4.69) is 0 Å². The number of ether oxygens (including phenoxy) is 2. The molecule has 0 amide bonds. The summed E-state index contributed by atoms with van der Waals surface area (Å²) in [7, 11) is 0. The van der Waals surface area contributed by atoms with E-state index < -0.39 is 11.9 Å². The monoisotopic (exact) mass is 426 g/mol. The Hall–Kier alpha value is -4.58. The van der Waals surface area contributed by atoms with E-state index in [0.29, 0.717) is 17.2 Å². The molecule has 0 unspecified atom stereocenters. The number of carbonyl (C=O) groups is 2. The van der Waals surface area contributed by atoms with Crippen molar-refractivity contribution in [1.82, 2.24) is 0 Å². The summed E-state index contributed by atoms with van der Waals surface area (Å²) in [5.41, 5.74) is 1.37. The molecule has 0 heterocycles. The summed E-state index contributed by atoms with van der Waals surface area (Å²) in [5.74, 6) is -0.667. The zero-order chi connectivity index (χ0) is 22.5. The Kier molecular flexibility index (Phi) is 5.85. The van der Waals surface area contributed by atoms with Crippen LogP contribution >= 0.6 is 0 Å². The molecule has 32 heavy (non-hydrogen) atoms. The molecule has 158 valence electrons. The van der Waals surface area contributed by atoms with Gasteiger partial charge in [-0.15, -0.1) is 0 Å². The molecule has 0 atom stereocenters. The molecule has 0 aliphatic carbocycles. The Morgan fingerprint density at radius 3 is 1.78 bits per heavy atom. The maximum absolute atomic E-state index is 11.3. The summed E-state index contributed by atoms with van der Waals surface area (Å²) < 4.78 is 11.8. The molecule has 0 aromatic heterocycles. The Bertz CT molecular complexity index is 1260. The first-order valence-corrected chi connectivity index (χ1v) is 9.72. The van der Waals surface area contributed by atoms with E-state index in [0.717, 1.165) is 11.1 Å².